The Balaban J connectivity index is 2.97. The van der Waals surface area contributed by atoms with E-state index in [1.54, 1.807) is 37.3 Å². The van der Waals surface area contributed by atoms with Crippen LogP contribution < -0.4 is 4.74 Å². The molecule has 0 aromatic heterocycles. The van der Waals surface area contributed by atoms with Gasteiger partial charge in [-0.3, -0.25) is 9.59 Å². The second-order valence-corrected chi connectivity index (χ2v) is 4.10. The number of carbonyl (C=O) groups excluding carboxylic acids is 3. The summed E-state index contributed by atoms with van der Waals surface area (Å²) in [4.78, 5) is 34.8. The number of carbonyl (C=O) groups is 3. The fraction of sp³-hybridized carbons (Fsp3) is 0.357. The molecule has 1 aromatic carbocycles. The molecule has 96 valence electrons. The fourth-order valence-corrected chi connectivity index (χ4v) is 1.69. The highest BCUT2D eigenvalue weighted by Crippen LogP contribution is 2.26. The third-order valence-corrected chi connectivity index (χ3v) is 2.79. The Morgan fingerprint density at radius 2 is 1.89 bits per heavy atom. The minimum Gasteiger partial charge on any atom is -0.425 e. The van der Waals surface area contributed by atoms with E-state index < -0.39 is 17.2 Å². The molecule has 0 radical (unpaired) electrons. The average molecular weight is 248 g/mol. The van der Waals surface area contributed by atoms with Gasteiger partial charge in [0, 0.05) is 0 Å². The minimum atomic E-state index is -1.68. The largest absolute Gasteiger partial charge is 0.425 e. The van der Waals surface area contributed by atoms with Crippen LogP contribution in [0, 0.1) is 5.41 Å². The van der Waals surface area contributed by atoms with Gasteiger partial charge in [-0.05, 0) is 25.5 Å². The number of ketones is 1. The van der Waals surface area contributed by atoms with Gasteiger partial charge in [-0.25, -0.2) is 0 Å². The lowest BCUT2D eigenvalue weighted by molar-refractivity contribution is -0.154. The summed E-state index contributed by atoms with van der Waals surface area (Å²) in [6.07, 6.45) is 1.10. The van der Waals surface area contributed by atoms with Crippen molar-refractivity contribution in [3.8, 4) is 5.75 Å². The molecule has 0 amide bonds. The van der Waals surface area contributed by atoms with Crippen LogP contribution in [0.5, 0.6) is 5.75 Å². The van der Waals surface area contributed by atoms with E-state index >= 15 is 0 Å². The van der Waals surface area contributed by atoms with Gasteiger partial charge in [-0.1, -0.05) is 31.5 Å². The van der Waals surface area contributed by atoms with E-state index in [2.05, 4.69) is 0 Å². The van der Waals surface area contributed by atoms with E-state index in [0.717, 1.165) is 0 Å². The highest BCUT2D eigenvalue weighted by Gasteiger charge is 2.44. The predicted octanol–water partition coefficient (Wildman–Crippen LogP) is 2.17. The van der Waals surface area contributed by atoms with Crippen LogP contribution in [-0.2, 0) is 14.4 Å². The summed E-state index contributed by atoms with van der Waals surface area (Å²) in [7, 11) is 0. The van der Waals surface area contributed by atoms with Crippen molar-refractivity contribution < 1.29 is 19.1 Å². The van der Waals surface area contributed by atoms with Crippen LogP contribution in [0.3, 0.4) is 0 Å². The van der Waals surface area contributed by atoms with E-state index in [1.807, 2.05) is 0 Å². The molecule has 0 heterocycles. The van der Waals surface area contributed by atoms with Crippen molar-refractivity contribution in [1.82, 2.24) is 0 Å². The predicted molar refractivity (Wildman–Crippen MR) is 66.2 cm³/mol. The van der Waals surface area contributed by atoms with Crippen LogP contribution in [0.2, 0.25) is 0 Å². The summed E-state index contributed by atoms with van der Waals surface area (Å²) in [6, 6.07) is 8.39. The van der Waals surface area contributed by atoms with Crippen molar-refractivity contribution >= 4 is 18.0 Å². The van der Waals surface area contributed by atoms with Crippen molar-refractivity contribution in [2.45, 2.75) is 26.7 Å². The number of hydrogen-bond donors (Lipinski definition) is 0. The quantitative estimate of drug-likeness (QED) is 0.335. The standard InChI is InChI=1S/C14H16O4/c1-3-9-14(10-15,11(2)16)13(17)18-12-7-5-4-6-8-12/h4-8,10H,3,9H2,1-2H3. The van der Waals surface area contributed by atoms with Crippen molar-refractivity contribution in [3.63, 3.8) is 0 Å². The van der Waals surface area contributed by atoms with E-state index in [4.69, 9.17) is 4.74 Å². The lowest BCUT2D eigenvalue weighted by atomic mass is 9.81. The summed E-state index contributed by atoms with van der Waals surface area (Å²) >= 11 is 0. The number of hydrogen-bond acceptors (Lipinski definition) is 4. The van der Waals surface area contributed by atoms with Gasteiger partial charge in [0.1, 0.15) is 12.0 Å². The van der Waals surface area contributed by atoms with Crippen LogP contribution in [0.25, 0.3) is 0 Å². The molecule has 0 aliphatic heterocycles. The van der Waals surface area contributed by atoms with E-state index in [1.165, 1.54) is 6.92 Å². The first-order valence-corrected chi connectivity index (χ1v) is 5.81. The maximum absolute atomic E-state index is 12.0. The van der Waals surface area contributed by atoms with Crippen molar-refractivity contribution in [2.24, 2.45) is 5.41 Å². The second kappa shape index (κ2) is 6.10. The molecule has 0 bridgehead atoms. The lowest BCUT2D eigenvalue weighted by Gasteiger charge is -2.22. The van der Waals surface area contributed by atoms with E-state index in [-0.39, 0.29) is 6.42 Å². The molecule has 0 fully saturated rings. The Bertz CT molecular complexity index is 438. The molecule has 1 aromatic rings. The molecule has 4 heteroatoms. The van der Waals surface area contributed by atoms with Gasteiger partial charge < -0.3 is 9.53 Å². The first kappa shape index (κ1) is 14.1. The van der Waals surface area contributed by atoms with Crippen molar-refractivity contribution in [1.29, 1.82) is 0 Å². The number of para-hydroxylation sites is 1. The van der Waals surface area contributed by atoms with Crippen molar-refractivity contribution in [3.05, 3.63) is 30.3 Å². The first-order chi connectivity index (χ1) is 8.56. The Kier molecular flexibility index (Phi) is 4.77. The second-order valence-electron chi connectivity index (χ2n) is 4.10. The molecule has 1 rings (SSSR count). The summed E-state index contributed by atoms with van der Waals surface area (Å²) in [6.45, 7) is 3.04. The molecule has 0 aliphatic rings. The summed E-state index contributed by atoms with van der Waals surface area (Å²) in [5.74, 6) is -0.968. The zero-order chi connectivity index (χ0) is 13.6. The molecule has 0 N–H and O–H groups in total. The molecule has 18 heavy (non-hydrogen) atoms. The highest BCUT2D eigenvalue weighted by atomic mass is 16.5. The molecule has 4 nitrogen and oxygen atoms in total. The first-order valence-electron chi connectivity index (χ1n) is 5.81. The van der Waals surface area contributed by atoms with Crippen LogP contribution in [0.4, 0.5) is 0 Å². The van der Waals surface area contributed by atoms with Crippen LogP contribution >= 0.6 is 0 Å². The number of Topliss-reactive ketones (excluding diaryl/α,β-unsaturated/α-hetero) is 1. The monoisotopic (exact) mass is 248 g/mol. The molecular weight excluding hydrogens is 232 g/mol. The van der Waals surface area contributed by atoms with Gasteiger partial charge in [-0.2, -0.15) is 0 Å². The fourth-order valence-electron chi connectivity index (χ4n) is 1.69. The number of aldehydes is 1. The van der Waals surface area contributed by atoms with Crippen molar-refractivity contribution in [2.75, 3.05) is 0 Å². The molecule has 1 atom stereocenters. The van der Waals surface area contributed by atoms with Gasteiger partial charge in [-0.15, -0.1) is 0 Å². The number of benzene rings is 1. The number of esters is 1. The molecule has 1 unspecified atom stereocenters. The molecule has 0 saturated carbocycles. The van der Waals surface area contributed by atoms with Gasteiger partial charge >= 0.3 is 5.97 Å². The van der Waals surface area contributed by atoms with E-state index in [9.17, 15) is 14.4 Å². The molecule has 0 spiro atoms. The summed E-state index contributed by atoms with van der Waals surface area (Å²) in [5.41, 5.74) is -1.68. The van der Waals surface area contributed by atoms with Crippen LogP contribution in [0.1, 0.15) is 26.7 Å². The number of ether oxygens (including phenoxy) is 1. The Morgan fingerprint density at radius 3 is 2.33 bits per heavy atom. The molecular formula is C14H16O4. The lowest BCUT2D eigenvalue weighted by Crippen LogP contribution is -2.42. The minimum absolute atomic E-state index is 0.164. The normalized spacial score (nSPS) is 13.4. The Hall–Kier alpha value is -1.97. The Labute approximate surface area is 106 Å². The smallest absolute Gasteiger partial charge is 0.332 e. The Morgan fingerprint density at radius 1 is 1.28 bits per heavy atom. The van der Waals surface area contributed by atoms with Gasteiger partial charge in [0.15, 0.2) is 11.2 Å². The molecule has 0 aliphatic carbocycles. The van der Waals surface area contributed by atoms with Crippen LogP contribution in [0.15, 0.2) is 30.3 Å². The third kappa shape index (κ3) is 2.83. The SMILES string of the molecule is CCCC(C=O)(C(C)=O)C(=O)Oc1ccccc1. The van der Waals surface area contributed by atoms with Gasteiger partial charge in [0.05, 0.1) is 0 Å². The maximum atomic E-state index is 12.0. The van der Waals surface area contributed by atoms with Gasteiger partial charge in [0.25, 0.3) is 0 Å². The highest BCUT2D eigenvalue weighted by molar-refractivity contribution is 6.15. The third-order valence-electron chi connectivity index (χ3n) is 2.79. The summed E-state index contributed by atoms with van der Waals surface area (Å²) in [5, 5.41) is 0. The van der Waals surface area contributed by atoms with Gasteiger partial charge in [0.2, 0.25) is 0 Å². The van der Waals surface area contributed by atoms with Crippen LogP contribution in [-0.4, -0.2) is 18.0 Å². The summed E-state index contributed by atoms with van der Waals surface area (Å²) < 4.78 is 5.09. The zero-order valence-corrected chi connectivity index (χ0v) is 10.5. The average Bonchev–Trinajstić information content (AvgIpc) is 2.36. The maximum Gasteiger partial charge on any atom is 0.332 e. The van der Waals surface area contributed by atoms with E-state index in [0.29, 0.717) is 18.5 Å². The topological polar surface area (TPSA) is 60.4 Å². The zero-order valence-electron chi connectivity index (χ0n) is 10.5. The molecule has 0 saturated heterocycles. The number of rotatable bonds is 6.